The maximum absolute atomic E-state index is 5.83. The monoisotopic (exact) mass is 286 g/mol. The van der Waals surface area contributed by atoms with Crippen molar-refractivity contribution in [3.05, 3.63) is 24.3 Å². The van der Waals surface area contributed by atoms with E-state index in [1.807, 2.05) is 24.3 Å². The van der Waals surface area contributed by atoms with Crippen molar-refractivity contribution >= 4 is 23.0 Å². The number of aliphatic imine (C=N–C) groups is 1. The molecule has 1 atom stereocenters. The molecule has 1 saturated heterocycles. The molecule has 3 rings (SSSR count). The number of benzene rings is 1. The molecule has 1 aromatic heterocycles. The van der Waals surface area contributed by atoms with E-state index in [9.17, 15) is 0 Å². The first-order valence-electron chi connectivity index (χ1n) is 7.06. The summed E-state index contributed by atoms with van der Waals surface area (Å²) < 4.78 is 5.83. The summed E-state index contributed by atoms with van der Waals surface area (Å²) >= 11 is 0. The molecule has 2 heterocycles. The van der Waals surface area contributed by atoms with Gasteiger partial charge in [-0.25, -0.2) is 9.98 Å². The van der Waals surface area contributed by atoms with Crippen LogP contribution in [0.1, 0.15) is 12.8 Å². The molecule has 0 radical (unpaired) electrons. The first-order valence-corrected chi connectivity index (χ1v) is 7.06. The van der Waals surface area contributed by atoms with E-state index in [-0.39, 0.29) is 6.10 Å². The molecule has 1 aliphatic rings. The minimum absolute atomic E-state index is 0.123. The first-order chi connectivity index (χ1) is 10.3. The van der Waals surface area contributed by atoms with Crippen LogP contribution in [0.4, 0.5) is 5.95 Å². The summed E-state index contributed by atoms with van der Waals surface area (Å²) in [5, 5.41) is 14.4. The number of hydrogen-bond donors (Lipinski definition) is 2. The summed E-state index contributed by atoms with van der Waals surface area (Å²) in [6.45, 7) is 1.88. The van der Waals surface area contributed by atoms with Gasteiger partial charge in [-0.1, -0.05) is 12.1 Å². The predicted octanol–water partition coefficient (Wildman–Crippen LogP) is 1.19. The second-order valence-corrected chi connectivity index (χ2v) is 4.86. The third kappa shape index (κ3) is 3.43. The Morgan fingerprint density at radius 3 is 2.95 bits per heavy atom. The molecule has 0 bridgehead atoms. The number of piperidine rings is 1. The number of amidine groups is 1. The summed E-state index contributed by atoms with van der Waals surface area (Å²) in [4.78, 5) is 8.50. The van der Waals surface area contributed by atoms with Crippen LogP contribution in [0.25, 0.3) is 11.0 Å². The van der Waals surface area contributed by atoms with E-state index in [0.717, 1.165) is 37.0 Å². The molecule has 110 valence electrons. The average molecular weight is 286 g/mol. The molecule has 1 unspecified atom stereocenters. The maximum Gasteiger partial charge on any atom is 0.291 e. The summed E-state index contributed by atoms with van der Waals surface area (Å²) in [5.74, 6) is 0.387. The molecule has 0 saturated carbocycles. The van der Waals surface area contributed by atoms with Crippen LogP contribution < -0.4 is 10.6 Å². The molecule has 1 aromatic carbocycles. The topological polar surface area (TPSA) is 84.3 Å². The van der Waals surface area contributed by atoms with Gasteiger partial charge < -0.3 is 10.1 Å². The van der Waals surface area contributed by atoms with E-state index in [1.165, 1.54) is 0 Å². The number of fused-ring (bicyclic) bond motifs is 1. The Morgan fingerprint density at radius 2 is 2.19 bits per heavy atom. The molecule has 0 spiro atoms. The third-order valence-corrected chi connectivity index (χ3v) is 3.31. The van der Waals surface area contributed by atoms with Crippen LogP contribution in [0.2, 0.25) is 0 Å². The fourth-order valence-electron chi connectivity index (χ4n) is 2.25. The van der Waals surface area contributed by atoms with Crippen LogP contribution >= 0.6 is 0 Å². The molecule has 21 heavy (non-hydrogen) atoms. The van der Waals surface area contributed by atoms with Gasteiger partial charge in [0.1, 0.15) is 11.6 Å². The lowest BCUT2D eigenvalue weighted by molar-refractivity contribution is 0.154. The molecule has 7 heteroatoms. The fraction of sp³-hybridized carbons (Fsp3) is 0.429. The van der Waals surface area contributed by atoms with Crippen LogP contribution in [0.5, 0.6) is 0 Å². The first kappa shape index (κ1) is 13.7. The Labute approximate surface area is 122 Å². The lowest BCUT2D eigenvalue weighted by Gasteiger charge is -2.24. The van der Waals surface area contributed by atoms with E-state index in [1.54, 1.807) is 7.05 Å². The fourth-order valence-corrected chi connectivity index (χ4v) is 2.25. The summed E-state index contributed by atoms with van der Waals surface area (Å²) in [6.07, 6.45) is 2.25. The van der Waals surface area contributed by atoms with Gasteiger partial charge in [-0.15, -0.1) is 10.2 Å². The number of hydrogen-bond acceptors (Lipinski definition) is 6. The number of ether oxygens (including phenoxy) is 1. The van der Waals surface area contributed by atoms with Crippen molar-refractivity contribution in [2.75, 3.05) is 25.5 Å². The number of rotatable bonds is 2. The van der Waals surface area contributed by atoms with E-state index in [4.69, 9.17) is 4.74 Å². The van der Waals surface area contributed by atoms with Gasteiger partial charge in [-0.2, -0.15) is 0 Å². The zero-order valence-corrected chi connectivity index (χ0v) is 11.9. The number of aromatic nitrogens is 3. The van der Waals surface area contributed by atoms with Gasteiger partial charge >= 0.3 is 0 Å². The largest absolute Gasteiger partial charge is 0.460 e. The Hall–Kier alpha value is -2.28. The highest BCUT2D eigenvalue weighted by Gasteiger charge is 2.16. The standard InChI is InChI=1S/C14H18N6O/c1-15-14(21-10-5-4-8-16-9-10)18-13-17-11-6-2-3-7-12(11)19-20-13/h2-3,6-7,10,16H,4-5,8-9H2,1H3,(H,15,17,18,20). The molecule has 1 fully saturated rings. The SMILES string of the molecule is CN=C(Nc1nnc2ccccc2n1)OC1CCCNC1. The van der Waals surface area contributed by atoms with E-state index in [2.05, 4.69) is 30.8 Å². The van der Waals surface area contributed by atoms with Crippen LogP contribution in [0, 0.1) is 0 Å². The minimum Gasteiger partial charge on any atom is -0.460 e. The van der Waals surface area contributed by atoms with Crippen LogP contribution in [-0.4, -0.2) is 47.4 Å². The highest BCUT2D eigenvalue weighted by molar-refractivity contribution is 5.88. The van der Waals surface area contributed by atoms with Crippen molar-refractivity contribution in [2.24, 2.45) is 4.99 Å². The number of nitrogens with zero attached hydrogens (tertiary/aromatic N) is 4. The Bertz CT molecular complexity index is 638. The van der Waals surface area contributed by atoms with Crippen molar-refractivity contribution in [3.63, 3.8) is 0 Å². The number of nitrogens with one attached hydrogen (secondary N) is 2. The van der Waals surface area contributed by atoms with Crippen molar-refractivity contribution in [2.45, 2.75) is 18.9 Å². The highest BCUT2D eigenvalue weighted by atomic mass is 16.5. The molecule has 1 aliphatic heterocycles. The van der Waals surface area contributed by atoms with E-state index >= 15 is 0 Å². The lowest BCUT2D eigenvalue weighted by atomic mass is 10.1. The lowest BCUT2D eigenvalue weighted by Crippen LogP contribution is -2.38. The van der Waals surface area contributed by atoms with E-state index in [0.29, 0.717) is 12.0 Å². The van der Waals surface area contributed by atoms with Gasteiger partial charge in [-0.3, -0.25) is 5.32 Å². The summed E-state index contributed by atoms with van der Waals surface area (Å²) in [5.41, 5.74) is 1.54. The van der Waals surface area contributed by atoms with Crippen LogP contribution in [0.3, 0.4) is 0 Å². The zero-order valence-electron chi connectivity index (χ0n) is 11.9. The molecule has 7 nitrogen and oxygen atoms in total. The van der Waals surface area contributed by atoms with Gasteiger partial charge in [0, 0.05) is 13.6 Å². The summed E-state index contributed by atoms with van der Waals surface area (Å²) in [6, 6.07) is 8.01. The van der Waals surface area contributed by atoms with Gasteiger partial charge in [0.05, 0.1) is 5.52 Å². The van der Waals surface area contributed by atoms with Crippen molar-refractivity contribution < 1.29 is 4.74 Å². The van der Waals surface area contributed by atoms with Crippen LogP contribution in [0.15, 0.2) is 29.3 Å². The molecule has 2 aromatic rings. The van der Waals surface area contributed by atoms with Gasteiger partial charge in [0.15, 0.2) is 0 Å². The third-order valence-electron chi connectivity index (χ3n) is 3.31. The maximum atomic E-state index is 5.83. The average Bonchev–Trinajstić information content (AvgIpc) is 2.55. The van der Waals surface area contributed by atoms with Gasteiger partial charge in [-0.05, 0) is 31.5 Å². The van der Waals surface area contributed by atoms with Crippen LogP contribution in [-0.2, 0) is 4.74 Å². The van der Waals surface area contributed by atoms with E-state index < -0.39 is 0 Å². The zero-order chi connectivity index (χ0) is 14.5. The molecular formula is C14H18N6O. The Balaban J connectivity index is 1.70. The van der Waals surface area contributed by atoms with Crippen molar-refractivity contribution in [3.8, 4) is 0 Å². The molecule has 2 N–H and O–H groups in total. The minimum atomic E-state index is 0.123. The quantitative estimate of drug-likeness (QED) is 0.637. The number of anilines is 1. The van der Waals surface area contributed by atoms with Crippen molar-refractivity contribution in [1.82, 2.24) is 20.5 Å². The molecule has 0 aliphatic carbocycles. The normalized spacial score (nSPS) is 19.5. The Kier molecular flexibility index (Phi) is 4.20. The summed E-state index contributed by atoms with van der Waals surface area (Å²) in [7, 11) is 1.67. The Morgan fingerprint density at radius 1 is 1.33 bits per heavy atom. The second kappa shape index (κ2) is 6.45. The molecular weight excluding hydrogens is 268 g/mol. The second-order valence-electron chi connectivity index (χ2n) is 4.86. The van der Waals surface area contributed by atoms with Crippen molar-refractivity contribution in [1.29, 1.82) is 0 Å². The van der Waals surface area contributed by atoms with Gasteiger partial charge in [0.25, 0.3) is 12.0 Å². The number of para-hydroxylation sites is 1. The smallest absolute Gasteiger partial charge is 0.291 e. The highest BCUT2D eigenvalue weighted by Crippen LogP contribution is 2.10. The molecule has 0 amide bonds. The van der Waals surface area contributed by atoms with Gasteiger partial charge in [0.2, 0.25) is 0 Å². The predicted molar refractivity (Wildman–Crippen MR) is 81.3 cm³/mol.